The zero-order valence-electron chi connectivity index (χ0n) is 12.4. The van der Waals surface area contributed by atoms with E-state index in [0.29, 0.717) is 0 Å². The van der Waals surface area contributed by atoms with Gasteiger partial charge in [0.15, 0.2) is 0 Å². The predicted octanol–water partition coefficient (Wildman–Crippen LogP) is 3.85. The number of aromatic nitrogens is 2. The quantitative estimate of drug-likeness (QED) is 0.751. The summed E-state index contributed by atoms with van der Waals surface area (Å²) in [5, 5.41) is 3.48. The zero-order valence-corrected chi connectivity index (χ0v) is 13.2. The maximum atomic E-state index is 5.37. The van der Waals surface area contributed by atoms with Crippen molar-refractivity contribution in [3.05, 3.63) is 34.3 Å². The lowest BCUT2D eigenvalue weighted by atomic mass is 10.3. The zero-order chi connectivity index (χ0) is 14.4. The van der Waals surface area contributed by atoms with Crippen molar-refractivity contribution in [2.24, 2.45) is 0 Å². The molecule has 2 heterocycles. The summed E-state index contributed by atoms with van der Waals surface area (Å²) in [5.41, 5.74) is 0. The molecule has 110 valence electrons. The van der Waals surface area contributed by atoms with Crippen LogP contribution in [0.1, 0.15) is 36.1 Å². The van der Waals surface area contributed by atoms with E-state index in [-0.39, 0.29) is 6.04 Å². The van der Waals surface area contributed by atoms with Crippen molar-refractivity contribution >= 4 is 17.3 Å². The second-order valence-corrected chi connectivity index (χ2v) is 6.13. The van der Waals surface area contributed by atoms with Gasteiger partial charge in [0, 0.05) is 41.9 Å². The Hall–Kier alpha value is -1.33. The summed E-state index contributed by atoms with van der Waals surface area (Å²) < 4.78 is 7.52. The van der Waals surface area contributed by atoms with E-state index in [9.17, 15) is 0 Å². The molecule has 5 heteroatoms. The molecule has 20 heavy (non-hydrogen) atoms. The smallest absolute Gasteiger partial charge is 0.203 e. The van der Waals surface area contributed by atoms with Crippen molar-refractivity contribution in [3.63, 3.8) is 0 Å². The molecule has 0 fully saturated rings. The van der Waals surface area contributed by atoms with Gasteiger partial charge in [-0.1, -0.05) is 0 Å². The monoisotopic (exact) mass is 293 g/mol. The second-order valence-electron chi connectivity index (χ2n) is 4.81. The molecular formula is C15H23N3OS. The summed E-state index contributed by atoms with van der Waals surface area (Å²) in [6.07, 6.45) is 4.86. The van der Waals surface area contributed by atoms with Gasteiger partial charge in [-0.15, -0.1) is 11.3 Å². The SMILES string of the molecule is CCOCCCn1ccnc1NC(C)c1ccc(C)s1. The minimum absolute atomic E-state index is 0.279. The lowest BCUT2D eigenvalue weighted by Crippen LogP contribution is -2.11. The molecule has 0 saturated carbocycles. The molecule has 1 atom stereocenters. The molecule has 1 N–H and O–H groups in total. The number of anilines is 1. The minimum atomic E-state index is 0.279. The molecule has 2 aromatic heterocycles. The van der Waals surface area contributed by atoms with Gasteiger partial charge in [-0.2, -0.15) is 0 Å². The van der Waals surface area contributed by atoms with E-state index in [1.165, 1.54) is 9.75 Å². The molecule has 2 aromatic rings. The predicted molar refractivity (Wildman–Crippen MR) is 84.4 cm³/mol. The van der Waals surface area contributed by atoms with Crippen LogP contribution < -0.4 is 5.32 Å². The Balaban J connectivity index is 1.91. The van der Waals surface area contributed by atoms with Crippen molar-refractivity contribution in [2.75, 3.05) is 18.5 Å². The number of ether oxygens (including phenoxy) is 1. The van der Waals surface area contributed by atoms with Crippen LogP contribution in [-0.2, 0) is 11.3 Å². The summed E-state index contributed by atoms with van der Waals surface area (Å²) in [6, 6.07) is 4.62. The van der Waals surface area contributed by atoms with Crippen molar-refractivity contribution in [3.8, 4) is 0 Å². The maximum Gasteiger partial charge on any atom is 0.203 e. The van der Waals surface area contributed by atoms with Crippen molar-refractivity contribution in [2.45, 2.75) is 39.8 Å². The summed E-state index contributed by atoms with van der Waals surface area (Å²) in [4.78, 5) is 7.08. The van der Waals surface area contributed by atoms with E-state index in [1.54, 1.807) is 0 Å². The molecule has 0 saturated heterocycles. The van der Waals surface area contributed by atoms with Crippen LogP contribution in [0.2, 0.25) is 0 Å². The van der Waals surface area contributed by atoms with Gasteiger partial charge in [0.2, 0.25) is 5.95 Å². The fourth-order valence-electron chi connectivity index (χ4n) is 2.06. The average molecular weight is 293 g/mol. The first kappa shape index (κ1) is 15.1. The van der Waals surface area contributed by atoms with Crippen LogP contribution in [0, 0.1) is 6.92 Å². The van der Waals surface area contributed by atoms with Gasteiger partial charge in [-0.3, -0.25) is 0 Å². The molecule has 0 spiro atoms. The van der Waals surface area contributed by atoms with E-state index >= 15 is 0 Å². The first-order valence-corrected chi connectivity index (χ1v) is 7.94. The Bertz CT molecular complexity index is 521. The summed E-state index contributed by atoms with van der Waals surface area (Å²) >= 11 is 1.83. The number of hydrogen-bond acceptors (Lipinski definition) is 4. The number of hydrogen-bond donors (Lipinski definition) is 1. The molecule has 0 aliphatic carbocycles. The van der Waals surface area contributed by atoms with Crippen LogP contribution in [0.3, 0.4) is 0 Å². The normalized spacial score (nSPS) is 12.6. The van der Waals surface area contributed by atoms with Crippen molar-refractivity contribution in [1.29, 1.82) is 0 Å². The molecule has 1 unspecified atom stereocenters. The molecule has 2 rings (SSSR count). The lowest BCUT2D eigenvalue weighted by molar-refractivity contribution is 0.142. The first-order chi connectivity index (χ1) is 9.70. The first-order valence-electron chi connectivity index (χ1n) is 7.12. The van der Waals surface area contributed by atoms with Gasteiger partial charge in [0.05, 0.1) is 6.04 Å². The van der Waals surface area contributed by atoms with Gasteiger partial charge in [0.1, 0.15) is 0 Å². The lowest BCUT2D eigenvalue weighted by Gasteiger charge is -2.15. The van der Waals surface area contributed by atoms with E-state index in [4.69, 9.17) is 4.74 Å². The van der Waals surface area contributed by atoms with Crippen molar-refractivity contribution in [1.82, 2.24) is 9.55 Å². The fourth-order valence-corrected chi connectivity index (χ4v) is 2.94. The second kappa shape index (κ2) is 7.45. The third kappa shape index (κ3) is 4.08. The molecule has 0 aliphatic rings. The van der Waals surface area contributed by atoms with E-state index < -0.39 is 0 Å². The molecule has 0 amide bonds. The maximum absolute atomic E-state index is 5.37. The minimum Gasteiger partial charge on any atom is -0.382 e. The van der Waals surface area contributed by atoms with E-state index in [1.807, 2.05) is 30.7 Å². The van der Waals surface area contributed by atoms with Crippen LogP contribution in [0.25, 0.3) is 0 Å². The number of thiophene rings is 1. The van der Waals surface area contributed by atoms with Crippen LogP contribution in [0.4, 0.5) is 5.95 Å². The molecule has 4 nitrogen and oxygen atoms in total. The molecule has 0 aromatic carbocycles. The third-order valence-electron chi connectivity index (χ3n) is 3.14. The highest BCUT2D eigenvalue weighted by molar-refractivity contribution is 7.12. The number of nitrogens with one attached hydrogen (secondary N) is 1. The Morgan fingerprint density at radius 3 is 3.00 bits per heavy atom. The summed E-state index contributed by atoms with van der Waals surface area (Å²) in [7, 11) is 0. The summed E-state index contributed by atoms with van der Waals surface area (Å²) in [5.74, 6) is 0.931. The molecular weight excluding hydrogens is 270 g/mol. The highest BCUT2D eigenvalue weighted by Gasteiger charge is 2.10. The highest BCUT2D eigenvalue weighted by Crippen LogP contribution is 2.25. The fraction of sp³-hybridized carbons (Fsp3) is 0.533. The standard InChI is InChI=1S/C15H23N3OS/c1-4-19-11-5-9-18-10-8-16-15(18)17-13(3)14-7-6-12(2)20-14/h6-8,10,13H,4-5,9,11H2,1-3H3,(H,16,17). The average Bonchev–Trinajstić information content (AvgIpc) is 3.04. The number of nitrogens with zero attached hydrogens (tertiary/aromatic N) is 2. The molecule has 0 radical (unpaired) electrons. The van der Waals surface area contributed by atoms with Gasteiger partial charge in [-0.05, 0) is 39.3 Å². The Labute approximate surface area is 124 Å². The van der Waals surface area contributed by atoms with Crippen LogP contribution >= 0.6 is 11.3 Å². The third-order valence-corrected chi connectivity index (χ3v) is 4.32. The van der Waals surface area contributed by atoms with E-state index in [0.717, 1.165) is 32.1 Å². The highest BCUT2D eigenvalue weighted by atomic mass is 32.1. The topological polar surface area (TPSA) is 39.1 Å². The van der Waals surface area contributed by atoms with Crippen molar-refractivity contribution < 1.29 is 4.74 Å². The number of rotatable bonds is 8. The number of aryl methyl sites for hydroxylation is 2. The Morgan fingerprint density at radius 1 is 1.45 bits per heavy atom. The Kier molecular flexibility index (Phi) is 5.61. The van der Waals surface area contributed by atoms with Crippen LogP contribution in [0.5, 0.6) is 0 Å². The van der Waals surface area contributed by atoms with Crippen LogP contribution in [0.15, 0.2) is 24.5 Å². The van der Waals surface area contributed by atoms with Gasteiger partial charge in [-0.25, -0.2) is 4.98 Å². The summed E-state index contributed by atoms with van der Waals surface area (Å²) in [6.45, 7) is 8.84. The van der Waals surface area contributed by atoms with Gasteiger partial charge in [0.25, 0.3) is 0 Å². The van der Waals surface area contributed by atoms with Gasteiger partial charge < -0.3 is 14.6 Å². The number of imidazole rings is 1. The molecule has 0 bridgehead atoms. The van der Waals surface area contributed by atoms with Crippen LogP contribution in [-0.4, -0.2) is 22.8 Å². The molecule has 0 aliphatic heterocycles. The Morgan fingerprint density at radius 2 is 2.30 bits per heavy atom. The van der Waals surface area contributed by atoms with Gasteiger partial charge >= 0.3 is 0 Å². The van der Waals surface area contributed by atoms with E-state index in [2.05, 4.69) is 40.8 Å². The largest absolute Gasteiger partial charge is 0.382 e.